The van der Waals surface area contributed by atoms with Crippen LogP contribution in [-0.4, -0.2) is 44.9 Å². The molecule has 0 bridgehead atoms. The SMILES string of the molecule is C=CC(=O)OCCN1C[N+]([O-])(CCOC(=O)C=C)c2c(Cl)c(Cl)c(Cl)c(Cl)c21. The molecule has 1 aliphatic heterocycles. The Balaban J connectivity index is 2.35. The number of rotatable bonds is 8. The number of carbonyl (C=O) groups excluding carboxylic acids is 2. The molecule has 0 radical (unpaired) electrons. The Morgan fingerprint density at radius 3 is 2.11 bits per heavy atom. The highest BCUT2D eigenvalue weighted by molar-refractivity contribution is 6.54. The minimum absolute atomic E-state index is 0.00621. The van der Waals surface area contributed by atoms with Crippen LogP contribution in [0.5, 0.6) is 0 Å². The van der Waals surface area contributed by atoms with Crippen LogP contribution < -0.4 is 9.55 Å². The van der Waals surface area contributed by atoms with E-state index in [2.05, 4.69) is 13.2 Å². The summed E-state index contributed by atoms with van der Waals surface area (Å²) in [5.74, 6) is -1.26. The summed E-state index contributed by atoms with van der Waals surface area (Å²) in [6, 6.07) is 0. The smallest absolute Gasteiger partial charge is 0.330 e. The summed E-state index contributed by atoms with van der Waals surface area (Å²) < 4.78 is 8.90. The zero-order valence-corrected chi connectivity index (χ0v) is 17.6. The van der Waals surface area contributed by atoms with Crippen molar-refractivity contribution >= 4 is 69.7 Å². The summed E-state index contributed by atoms with van der Waals surface area (Å²) in [6.45, 7) is 6.28. The van der Waals surface area contributed by atoms with Gasteiger partial charge in [-0.15, -0.1) is 0 Å². The van der Waals surface area contributed by atoms with Crippen molar-refractivity contribution in [2.45, 2.75) is 0 Å². The molecule has 1 unspecified atom stereocenters. The van der Waals surface area contributed by atoms with Crippen molar-refractivity contribution in [2.75, 3.05) is 37.9 Å². The zero-order chi connectivity index (χ0) is 21.1. The van der Waals surface area contributed by atoms with E-state index in [0.29, 0.717) is 5.69 Å². The van der Waals surface area contributed by atoms with Gasteiger partial charge in [0.1, 0.15) is 30.5 Å². The van der Waals surface area contributed by atoms with Crippen molar-refractivity contribution in [1.82, 2.24) is 4.65 Å². The van der Waals surface area contributed by atoms with Gasteiger partial charge in [0.2, 0.25) is 0 Å². The highest BCUT2D eigenvalue weighted by Crippen LogP contribution is 2.55. The van der Waals surface area contributed by atoms with E-state index >= 15 is 0 Å². The Morgan fingerprint density at radius 1 is 1.00 bits per heavy atom. The second-order valence-corrected chi connectivity index (χ2v) is 7.23. The van der Waals surface area contributed by atoms with Crippen LogP contribution in [0.2, 0.25) is 20.1 Å². The van der Waals surface area contributed by atoms with Crippen molar-refractivity contribution in [3.63, 3.8) is 0 Å². The van der Waals surface area contributed by atoms with E-state index in [4.69, 9.17) is 55.9 Å². The third-order valence-corrected chi connectivity index (χ3v) is 5.76. The maximum Gasteiger partial charge on any atom is 0.330 e. The summed E-state index contributed by atoms with van der Waals surface area (Å²) in [7, 11) is 0. The summed E-state index contributed by atoms with van der Waals surface area (Å²) in [5, 5.41) is 13.5. The molecule has 0 amide bonds. The van der Waals surface area contributed by atoms with E-state index in [-0.39, 0.29) is 58.7 Å². The number of hydrogen-bond acceptors (Lipinski definition) is 6. The molecule has 1 atom stereocenters. The van der Waals surface area contributed by atoms with Gasteiger partial charge >= 0.3 is 11.9 Å². The lowest BCUT2D eigenvalue weighted by Crippen LogP contribution is -2.48. The molecule has 0 saturated heterocycles. The van der Waals surface area contributed by atoms with Gasteiger partial charge in [0, 0.05) is 12.2 Å². The molecular weight excluding hydrogens is 454 g/mol. The maximum atomic E-state index is 13.5. The molecule has 11 heteroatoms. The minimum Gasteiger partial charge on any atom is -0.626 e. The van der Waals surface area contributed by atoms with E-state index in [9.17, 15) is 14.8 Å². The van der Waals surface area contributed by atoms with Gasteiger partial charge in [-0.2, -0.15) is 0 Å². The second kappa shape index (κ2) is 9.35. The minimum atomic E-state index is -0.982. The number of fused-ring (bicyclic) bond motifs is 1. The lowest BCUT2D eigenvalue weighted by atomic mass is 10.2. The first kappa shape index (κ1) is 22.8. The topological polar surface area (TPSA) is 78.9 Å². The number of halogens is 4. The Kier molecular flexibility index (Phi) is 7.61. The fourth-order valence-electron chi connectivity index (χ4n) is 2.72. The quantitative estimate of drug-likeness (QED) is 0.141. The molecule has 1 heterocycles. The molecule has 0 fully saturated rings. The molecule has 7 nitrogen and oxygen atoms in total. The van der Waals surface area contributed by atoms with Gasteiger partial charge in [0.15, 0.2) is 12.4 Å². The molecule has 0 aromatic heterocycles. The van der Waals surface area contributed by atoms with Crippen molar-refractivity contribution in [1.29, 1.82) is 0 Å². The average molecular weight is 470 g/mol. The molecule has 28 heavy (non-hydrogen) atoms. The summed E-state index contributed by atoms with van der Waals surface area (Å²) in [5.41, 5.74) is 0.395. The molecule has 1 aromatic carbocycles. The van der Waals surface area contributed by atoms with Crippen LogP contribution in [0, 0.1) is 5.21 Å². The van der Waals surface area contributed by atoms with Gasteiger partial charge in [-0.05, 0) is 0 Å². The molecular formula is C17H16Cl4N2O5. The molecule has 0 aliphatic carbocycles. The van der Waals surface area contributed by atoms with Crippen LogP contribution in [-0.2, 0) is 19.1 Å². The van der Waals surface area contributed by atoms with Crippen molar-refractivity contribution < 1.29 is 19.1 Å². The van der Waals surface area contributed by atoms with Crippen LogP contribution in [0.15, 0.2) is 25.3 Å². The predicted molar refractivity (Wildman–Crippen MR) is 111 cm³/mol. The monoisotopic (exact) mass is 468 g/mol. The predicted octanol–water partition coefficient (Wildman–Crippen LogP) is 4.34. The average Bonchev–Trinajstić information content (AvgIpc) is 2.96. The standard InChI is InChI=1S/C17H16Cl4N2O5/c1-3-10(24)27-7-5-22-9-23(26,6-8-28-11(25)4-2)17-15(21)13(19)12(18)14(20)16(17)22/h3-4H,1-2,5-9H2. The van der Waals surface area contributed by atoms with Gasteiger partial charge < -0.3 is 24.2 Å². The lowest BCUT2D eigenvalue weighted by Gasteiger charge is -2.38. The maximum absolute atomic E-state index is 13.5. The number of hydrogen-bond donors (Lipinski definition) is 0. The number of hydroxylamine groups is 2. The van der Waals surface area contributed by atoms with Crippen LogP contribution in [0.4, 0.5) is 11.4 Å². The van der Waals surface area contributed by atoms with E-state index < -0.39 is 16.6 Å². The highest BCUT2D eigenvalue weighted by Gasteiger charge is 2.42. The normalized spacial score (nSPS) is 17.8. The van der Waals surface area contributed by atoms with E-state index in [0.717, 1.165) is 12.2 Å². The third-order valence-electron chi connectivity index (χ3n) is 3.98. The summed E-state index contributed by atoms with van der Waals surface area (Å²) in [6.07, 6.45) is 2.02. The van der Waals surface area contributed by atoms with Gasteiger partial charge in [-0.25, -0.2) is 9.59 Å². The van der Waals surface area contributed by atoms with Crippen LogP contribution in [0.1, 0.15) is 0 Å². The van der Waals surface area contributed by atoms with Gasteiger partial charge in [-0.1, -0.05) is 59.6 Å². The fraction of sp³-hybridized carbons (Fsp3) is 0.294. The Morgan fingerprint density at radius 2 is 1.54 bits per heavy atom. The van der Waals surface area contributed by atoms with E-state index in [1.54, 1.807) is 4.90 Å². The first-order valence-corrected chi connectivity index (χ1v) is 9.45. The first-order chi connectivity index (χ1) is 13.2. The Hall–Kier alpha value is -1.48. The molecule has 0 spiro atoms. The number of benzene rings is 1. The molecule has 2 rings (SSSR count). The number of quaternary nitrogens is 1. The Bertz CT molecular complexity index is 833. The van der Waals surface area contributed by atoms with Crippen molar-refractivity contribution in [2.24, 2.45) is 0 Å². The molecule has 1 aliphatic rings. The lowest BCUT2D eigenvalue weighted by molar-refractivity contribution is -0.138. The molecule has 0 saturated carbocycles. The van der Waals surface area contributed by atoms with Crippen LogP contribution >= 0.6 is 46.4 Å². The summed E-state index contributed by atoms with van der Waals surface area (Å²) >= 11 is 24.9. The van der Waals surface area contributed by atoms with Crippen LogP contribution in [0.3, 0.4) is 0 Å². The van der Waals surface area contributed by atoms with Crippen molar-refractivity contribution in [3.8, 4) is 0 Å². The van der Waals surface area contributed by atoms with Crippen LogP contribution in [0.25, 0.3) is 0 Å². The van der Waals surface area contributed by atoms with E-state index in [1.807, 2.05) is 0 Å². The molecule has 152 valence electrons. The number of ether oxygens (including phenoxy) is 2. The first-order valence-electron chi connectivity index (χ1n) is 7.94. The fourth-order valence-corrected chi connectivity index (χ4v) is 3.83. The van der Waals surface area contributed by atoms with Gasteiger partial charge in [0.25, 0.3) is 0 Å². The van der Waals surface area contributed by atoms with E-state index in [1.165, 1.54) is 0 Å². The zero-order valence-electron chi connectivity index (χ0n) is 14.6. The van der Waals surface area contributed by atoms with Crippen molar-refractivity contribution in [3.05, 3.63) is 50.6 Å². The Labute approximate surface area is 181 Å². The van der Waals surface area contributed by atoms with Gasteiger partial charge in [0.05, 0.1) is 21.6 Å². The van der Waals surface area contributed by atoms with Gasteiger partial charge in [-0.3, -0.25) is 0 Å². The largest absolute Gasteiger partial charge is 0.626 e. The number of carbonyl (C=O) groups is 2. The third kappa shape index (κ3) is 4.56. The second-order valence-electron chi connectivity index (χ2n) is 5.71. The number of anilines is 1. The molecule has 0 N–H and O–H groups in total. The number of nitrogens with zero attached hydrogens (tertiary/aromatic N) is 2. The highest BCUT2D eigenvalue weighted by atomic mass is 35.5. The molecule has 1 aromatic rings. The number of esters is 2. The summed E-state index contributed by atoms with van der Waals surface area (Å²) in [4.78, 5) is 24.1.